The van der Waals surface area contributed by atoms with Crippen LogP contribution in [0.3, 0.4) is 0 Å². The van der Waals surface area contributed by atoms with Crippen LogP contribution < -0.4 is 20.3 Å². The number of fused-ring (bicyclic) bond motifs is 2. The Morgan fingerprint density at radius 2 is 2.09 bits per heavy atom. The van der Waals surface area contributed by atoms with Crippen LogP contribution in [0, 0.1) is 0 Å². The van der Waals surface area contributed by atoms with Gasteiger partial charge in [0.15, 0.2) is 21.4 Å². The normalized spacial score (nSPS) is 28.2. The standard InChI is InChI=1S/C20H23F3N6O3S/c1-20(23)2-3-28(10-20)19-26-14(11-4-15(32-18(21)22)17(24)25-7-11)6-16(27-19)29-8-13-5-12(29)9-33(13,30)31/h4,6-7,12-13,18H,2-3,5,8-10H2,1H3,(H2,24,25)/t12-,13-,20-/m0/s1. The summed E-state index contributed by atoms with van der Waals surface area (Å²) in [5, 5.41) is -0.450. The second-order valence-corrected chi connectivity index (χ2v) is 11.3. The molecule has 2 aromatic heterocycles. The molecule has 0 spiro atoms. The lowest BCUT2D eigenvalue weighted by Gasteiger charge is -2.29. The summed E-state index contributed by atoms with van der Waals surface area (Å²) in [7, 11) is -3.11. The summed E-state index contributed by atoms with van der Waals surface area (Å²) in [4.78, 5) is 16.7. The molecule has 0 saturated carbocycles. The van der Waals surface area contributed by atoms with Crippen molar-refractivity contribution in [3.63, 3.8) is 0 Å². The van der Waals surface area contributed by atoms with Gasteiger partial charge in [0.05, 0.1) is 23.2 Å². The Morgan fingerprint density at radius 1 is 1.30 bits per heavy atom. The lowest BCUT2D eigenvalue weighted by atomic mass is 10.1. The summed E-state index contributed by atoms with van der Waals surface area (Å²) in [5.74, 6) is 0.353. The van der Waals surface area contributed by atoms with E-state index in [0.29, 0.717) is 43.0 Å². The average molecular weight is 485 g/mol. The molecule has 13 heteroatoms. The second kappa shape index (κ2) is 7.61. The zero-order chi connectivity index (χ0) is 23.5. The van der Waals surface area contributed by atoms with Crippen LogP contribution in [0.1, 0.15) is 19.8 Å². The number of ether oxygens (including phenoxy) is 1. The number of halogens is 3. The number of nitrogens with zero attached hydrogens (tertiary/aromatic N) is 5. The molecule has 9 nitrogen and oxygen atoms in total. The number of nitrogens with two attached hydrogens (primary N) is 1. The lowest BCUT2D eigenvalue weighted by Crippen LogP contribution is -2.41. The van der Waals surface area contributed by atoms with Gasteiger partial charge in [0.25, 0.3) is 0 Å². The van der Waals surface area contributed by atoms with Crippen molar-refractivity contribution in [2.45, 2.75) is 43.3 Å². The number of nitrogen functional groups attached to an aromatic ring is 1. The Balaban J connectivity index is 1.56. The zero-order valence-corrected chi connectivity index (χ0v) is 18.6. The summed E-state index contributed by atoms with van der Waals surface area (Å²) in [5.41, 5.74) is 4.99. The number of sulfone groups is 1. The van der Waals surface area contributed by atoms with Gasteiger partial charge in [-0.25, -0.2) is 22.8 Å². The minimum absolute atomic E-state index is 0.0500. The van der Waals surface area contributed by atoms with Crippen LogP contribution in [0.5, 0.6) is 5.75 Å². The van der Waals surface area contributed by atoms with Crippen LogP contribution in [-0.4, -0.2) is 72.3 Å². The molecule has 178 valence electrons. The van der Waals surface area contributed by atoms with Gasteiger partial charge in [0.1, 0.15) is 11.5 Å². The minimum Gasteiger partial charge on any atom is -0.431 e. The highest BCUT2D eigenvalue weighted by Crippen LogP contribution is 2.38. The van der Waals surface area contributed by atoms with E-state index in [4.69, 9.17) is 5.73 Å². The van der Waals surface area contributed by atoms with Gasteiger partial charge in [-0.05, 0) is 19.4 Å². The first-order chi connectivity index (χ1) is 15.5. The van der Waals surface area contributed by atoms with Crippen LogP contribution in [0.25, 0.3) is 11.3 Å². The maximum atomic E-state index is 14.5. The fourth-order valence-electron chi connectivity index (χ4n) is 4.72. The third kappa shape index (κ3) is 4.13. The fourth-order valence-corrected chi connectivity index (χ4v) is 6.74. The molecule has 0 aliphatic carbocycles. The van der Waals surface area contributed by atoms with Crippen molar-refractivity contribution < 1.29 is 26.3 Å². The van der Waals surface area contributed by atoms with Gasteiger partial charge in [0.2, 0.25) is 5.95 Å². The summed E-state index contributed by atoms with van der Waals surface area (Å²) in [6.45, 7) is -0.732. The average Bonchev–Trinajstić information content (AvgIpc) is 3.40. The summed E-state index contributed by atoms with van der Waals surface area (Å²) < 4.78 is 68.9. The van der Waals surface area contributed by atoms with Crippen molar-refractivity contribution in [3.05, 3.63) is 18.3 Å². The number of pyridine rings is 1. The number of alkyl halides is 3. The first kappa shape index (κ1) is 22.0. The monoisotopic (exact) mass is 484 g/mol. The number of anilines is 3. The molecular formula is C20H23F3N6O3S. The predicted molar refractivity (Wildman–Crippen MR) is 116 cm³/mol. The molecule has 3 fully saturated rings. The molecule has 0 radical (unpaired) electrons. The largest absolute Gasteiger partial charge is 0.431 e. The topological polar surface area (TPSA) is 115 Å². The van der Waals surface area contributed by atoms with Crippen molar-refractivity contribution in [1.82, 2.24) is 15.0 Å². The van der Waals surface area contributed by atoms with Crippen LogP contribution in [0.15, 0.2) is 18.3 Å². The summed E-state index contributed by atoms with van der Waals surface area (Å²) >= 11 is 0. The Morgan fingerprint density at radius 3 is 2.70 bits per heavy atom. The molecule has 2 N–H and O–H groups in total. The van der Waals surface area contributed by atoms with Gasteiger partial charge in [-0.1, -0.05) is 0 Å². The van der Waals surface area contributed by atoms with E-state index >= 15 is 0 Å². The van der Waals surface area contributed by atoms with Gasteiger partial charge in [-0.2, -0.15) is 13.8 Å². The lowest BCUT2D eigenvalue weighted by molar-refractivity contribution is -0.0494. The van der Waals surface area contributed by atoms with Crippen LogP contribution >= 0.6 is 0 Å². The number of hydrogen-bond acceptors (Lipinski definition) is 9. The maximum absolute atomic E-state index is 14.5. The first-order valence-electron chi connectivity index (χ1n) is 10.5. The molecule has 2 aromatic rings. The molecule has 5 heterocycles. The Hall–Kier alpha value is -2.83. The molecule has 3 atom stereocenters. The van der Waals surface area contributed by atoms with Crippen LogP contribution in [-0.2, 0) is 9.84 Å². The van der Waals surface area contributed by atoms with E-state index in [9.17, 15) is 21.6 Å². The quantitative estimate of drug-likeness (QED) is 0.681. The number of aromatic nitrogens is 3. The third-order valence-electron chi connectivity index (χ3n) is 6.40. The van der Waals surface area contributed by atoms with Crippen molar-refractivity contribution in [2.75, 3.05) is 40.9 Å². The predicted octanol–water partition coefficient (Wildman–Crippen LogP) is 2.04. The Bertz CT molecular complexity index is 1200. The van der Waals surface area contributed by atoms with E-state index in [0.717, 1.165) is 0 Å². The van der Waals surface area contributed by atoms with Gasteiger partial charge < -0.3 is 20.3 Å². The zero-order valence-electron chi connectivity index (χ0n) is 17.8. The molecule has 3 aliphatic rings. The second-order valence-electron chi connectivity index (χ2n) is 8.98. The molecule has 0 aromatic carbocycles. The van der Waals surface area contributed by atoms with Crippen molar-refractivity contribution in [2.24, 2.45) is 0 Å². The van der Waals surface area contributed by atoms with E-state index in [2.05, 4.69) is 19.7 Å². The van der Waals surface area contributed by atoms with Crippen LogP contribution in [0.2, 0.25) is 0 Å². The third-order valence-corrected chi connectivity index (χ3v) is 8.61. The Kier molecular flexibility index (Phi) is 5.07. The summed E-state index contributed by atoms with van der Waals surface area (Å²) in [6.07, 6.45) is 2.23. The molecule has 33 heavy (non-hydrogen) atoms. The molecule has 2 bridgehead atoms. The van der Waals surface area contributed by atoms with E-state index in [1.54, 1.807) is 11.0 Å². The molecule has 0 amide bonds. The number of rotatable bonds is 5. The van der Waals surface area contributed by atoms with E-state index in [1.807, 2.05) is 4.90 Å². The molecule has 0 unspecified atom stereocenters. The van der Waals surface area contributed by atoms with Crippen molar-refractivity contribution in [3.8, 4) is 17.0 Å². The van der Waals surface area contributed by atoms with Gasteiger partial charge in [-0.15, -0.1) is 0 Å². The fraction of sp³-hybridized carbons (Fsp3) is 0.550. The van der Waals surface area contributed by atoms with E-state index in [1.165, 1.54) is 19.2 Å². The van der Waals surface area contributed by atoms with Gasteiger partial charge >= 0.3 is 6.61 Å². The highest BCUT2D eigenvalue weighted by Gasteiger charge is 2.49. The van der Waals surface area contributed by atoms with Crippen LogP contribution in [0.4, 0.5) is 30.8 Å². The van der Waals surface area contributed by atoms with E-state index in [-0.39, 0.29) is 35.9 Å². The van der Waals surface area contributed by atoms with Gasteiger partial charge in [0, 0.05) is 43.4 Å². The highest BCUT2D eigenvalue weighted by molar-refractivity contribution is 7.92. The molecular weight excluding hydrogens is 461 g/mol. The maximum Gasteiger partial charge on any atom is 0.387 e. The molecule has 5 rings (SSSR count). The summed E-state index contributed by atoms with van der Waals surface area (Å²) in [6, 6.07) is 2.76. The minimum atomic E-state index is -3.11. The first-order valence-corrected chi connectivity index (χ1v) is 12.2. The highest BCUT2D eigenvalue weighted by atomic mass is 32.2. The Labute approximate surface area is 188 Å². The van der Waals surface area contributed by atoms with E-state index < -0.39 is 27.4 Å². The smallest absolute Gasteiger partial charge is 0.387 e. The SMILES string of the molecule is C[C@]1(F)CCN(c2nc(-c3cnc(N)c(OC(F)F)c3)cc(N3C[C@@H]4C[C@H]3CS4(=O)=O)n2)C1. The number of hydrogen-bond donors (Lipinski definition) is 1. The molecule has 3 saturated heterocycles. The van der Waals surface area contributed by atoms with Crippen molar-refractivity contribution >= 4 is 27.4 Å². The molecule has 3 aliphatic heterocycles. The van der Waals surface area contributed by atoms with Crippen molar-refractivity contribution in [1.29, 1.82) is 0 Å². The van der Waals surface area contributed by atoms with Gasteiger partial charge in [-0.3, -0.25) is 0 Å².